The molecule has 132 valence electrons. The van der Waals surface area contributed by atoms with Crippen LogP contribution in [0.25, 0.3) is 0 Å². The summed E-state index contributed by atoms with van der Waals surface area (Å²) in [5, 5.41) is 5.56. The van der Waals surface area contributed by atoms with Crippen LogP contribution in [0.3, 0.4) is 0 Å². The Morgan fingerprint density at radius 2 is 1.76 bits per heavy atom. The smallest absolute Gasteiger partial charge is 0.262 e. The highest BCUT2D eigenvalue weighted by molar-refractivity contribution is 6.04. The fraction of sp³-hybridized carbons (Fsp3) is 0.300. The van der Waals surface area contributed by atoms with E-state index in [9.17, 15) is 9.59 Å². The number of amides is 2. The zero-order valence-corrected chi connectivity index (χ0v) is 15.1. The van der Waals surface area contributed by atoms with Gasteiger partial charge < -0.3 is 15.4 Å². The number of ether oxygens (including phenoxy) is 1. The number of nitrogens with one attached hydrogen (secondary N) is 2. The van der Waals surface area contributed by atoms with E-state index < -0.39 is 0 Å². The minimum absolute atomic E-state index is 0.0179. The van der Waals surface area contributed by atoms with Gasteiger partial charge in [0.05, 0.1) is 11.3 Å². The van der Waals surface area contributed by atoms with Crippen molar-refractivity contribution in [1.82, 2.24) is 5.32 Å². The highest BCUT2D eigenvalue weighted by atomic mass is 16.5. The molecule has 0 aliphatic carbocycles. The molecule has 0 heterocycles. The van der Waals surface area contributed by atoms with Crippen LogP contribution >= 0.6 is 0 Å². The van der Waals surface area contributed by atoms with Crippen LogP contribution in [-0.4, -0.2) is 24.5 Å². The predicted molar refractivity (Wildman–Crippen MR) is 99.1 cm³/mol. The molecule has 0 unspecified atom stereocenters. The monoisotopic (exact) mass is 340 g/mol. The average Bonchev–Trinajstić information content (AvgIpc) is 2.56. The van der Waals surface area contributed by atoms with Crippen molar-refractivity contribution in [2.75, 3.05) is 11.9 Å². The molecule has 0 saturated heterocycles. The van der Waals surface area contributed by atoms with Crippen molar-refractivity contribution in [3.63, 3.8) is 0 Å². The largest absolute Gasteiger partial charge is 0.484 e. The van der Waals surface area contributed by atoms with Crippen molar-refractivity contribution in [2.24, 2.45) is 0 Å². The number of carbonyl (C=O) groups is 2. The van der Waals surface area contributed by atoms with Crippen molar-refractivity contribution in [2.45, 2.75) is 33.7 Å². The summed E-state index contributed by atoms with van der Waals surface area (Å²) in [5.41, 5.74) is 3.17. The number of carbonyl (C=O) groups excluding carboxylic acids is 2. The number of hydrogen-bond acceptors (Lipinski definition) is 3. The van der Waals surface area contributed by atoms with Crippen LogP contribution in [0.15, 0.2) is 42.5 Å². The second kappa shape index (κ2) is 8.33. The maximum Gasteiger partial charge on any atom is 0.262 e. The molecule has 0 radical (unpaired) electrons. The van der Waals surface area contributed by atoms with E-state index in [1.165, 1.54) is 5.56 Å². The topological polar surface area (TPSA) is 67.4 Å². The molecular formula is C20H24N2O3. The zero-order valence-electron chi connectivity index (χ0n) is 15.1. The molecule has 0 aliphatic heterocycles. The Kier molecular flexibility index (Phi) is 6.17. The van der Waals surface area contributed by atoms with Gasteiger partial charge in [-0.1, -0.05) is 18.2 Å². The third-order valence-electron chi connectivity index (χ3n) is 3.71. The summed E-state index contributed by atoms with van der Waals surface area (Å²) in [6, 6.07) is 12.6. The molecule has 2 aromatic rings. The van der Waals surface area contributed by atoms with Gasteiger partial charge in [-0.05, 0) is 63.1 Å². The van der Waals surface area contributed by atoms with Gasteiger partial charge >= 0.3 is 0 Å². The molecule has 0 atom stereocenters. The molecule has 5 heteroatoms. The fourth-order valence-corrected chi connectivity index (χ4v) is 2.27. The summed E-state index contributed by atoms with van der Waals surface area (Å²) in [7, 11) is 0. The lowest BCUT2D eigenvalue weighted by molar-refractivity contribution is -0.118. The predicted octanol–water partition coefficient (Wildman–Crippen LogP) is 3.46. The first kappa shape index (κ1) is 18.5. The number of para-hydroxylation sites is 1. The summed E-state index contributed by atoms with van der Waals surface area (Å²) in [6.45, 7) is 7.66. The number of rotatable bonds is 6. The lowest BCUT2D eigenvalue weighted by Gasteiger charge is -2.13. The minimum atomic E-state index is -0.317. The van der Waals surface area contributed by atoms with Crippen LogP contribution in [-0.2, 0) is 4.79 Å². The van der Waals surface area contributed by atoms with Gasteiger partial charge in [-0.3, -0.25) is 9.59 Å². The molecule has 0 aromatic heterocycles. The molecule has 0 saturated carbocycles. The van der Waals surface area contributed by atoms with Gasteiger partial charge in [0, 0.05) is 6.04 Å². The van der Waals surface area contributed by atoms with Crippen LogP contribution in [0, 0.1) is 13.8 Å². The SMILES string of the molecule is Cc1ccc(OCC(=O)Nc2ccccc2C(=O)NC(C)C)cc1C. The molecule has 5 nitrogen and oxygen atoms in total. The molecule has 2 rings (SSSR count). The Morgan fingerprint density at radius 3 is 2.44 bits per heavy atom. The second-order valence-electron chi connectivity index (χ2n) is 6.26. The molecule has 25 heavy (non-hydrogen) atoms. The van der Waals surface area contributed by atoms with Crippen molar-refractivity contribution in [3.05, 3.63) is 59.2 Å². The van der Waals surface area contributed by atoms with E-state index in [0.29, 0.717) is 17.0 Å². The molecule has 0 spiro atoms. The van der Waals surface area contributed by atoms with E-state index >= 15 is 0 Å². The molecular weight excluding hydrogens is 316 g/mol. The molecule has 2 amide bonds. The second-order valence-corrected chi connectivity index (χ2v) is 6.26. The Balaban J connectivity index is 2.00. The number of benzene rings is 2. The Hall–Kier alpha value is -2.82. The Labute approximate surface area is 148 Å². The fourth-order valence-electron chi connectivity index (χ4n) is 2.27. The lowest BCUT2D eigenvalue weighted by atomic mass is 10.1. The van der Waals surface area contributed by atoms with E-state index in [1.807, 2.05) is 45.9 Å². The Morgan fingerprint density at radius 1 is 1.04 bits per heavy atom. The van der Waals surface area contributed by atoms with Crippen LogP contribution < -0.4 is 15.4 Å². The van der Waals surface area contributed by atoms with Crippen LogP contribution in [0.2, 0.25) is 0 Å². The van der Waals surface area contributed by atoms with Crippen molar-refractivity contribution in [1.29, 1.82) is 0 Å². The van der Waals surface area contributed by atoms with E-state index in [2.05, 4.69) is 10.6 Å². The Bertz CT molecular complexity index is 769. The summed E-state index contributed by atoms with van der Waals surface area (Å²) >= 11 is 0. The van der Waals surface area contributed by atoms with Crippen molar-refractivity contribution in [3.8, 4) is 5.75 Å². The third-order valence-corrected chi connectivity index (χ3v) is 3.71. The molecule has 2 aromatic carbocycles. The number of hydrogen-bond donors (Lipinski definition) is 2. The van der Waals surface area contributed by atoms with Crippen LogP contribution in [0.4, 0.5) is 5.69 Å². The highest BCUT2D eigenvalue weighted by Gasteiger charge is 2.14. The van der Waals surface area contributed by atoms with Crippen LogP contribution in [0.5, 0.6) is 5.75 Å². The van der Waals surface area contributed by atoms with Gasteiger partial charge in [0.1, 0.15) is 5.75 Å². The van der Waals surface area contributed by atoms with Crippen LogP contribution in [0.1, 0.15) is 35.3 Å². The third kappa shape index (κ3) is 5.35. The van der Waals surface area contributed by atoms with Crippen molar-refractivity contribution < 1.29 is 14.3 Å². The molecule has 0 bridgehead atoms. The first-order valence-corrected chi connectivity index (χ1v) is 8.26. The number of aryl methyl sites for hydroxylation is 2. The summed E-state index contributed by atoms with van der Waals surface area (Å²) < 4.78 is 5.53. The molecule has 2 N–H and O–H groups in total. The summed E-state index contributed by atoms with van der Waals surface area (Å²) in [4.78, 5) is 24.4. The van der Waals surface area contributed by atoms with Gasteiger partial charge in [-0.25, -0.2) is 0 Å². The van der Waals surface area contributed by atoms with Gasteiger partial charge in [-0.2, -0.15) is 0 Å². The lowest BCUT2D eigenvalue weighted by Crippen LogP contribution is -2.31. The van der Waals surface area contributed by atoms with E-state index in [-0.39, 0.29) is 24.5 Å². The quantitative estimate of drug-likeness (QED) is 0.846. The zero-order chi connectivity index (χ0) is 18.4. The maximum absolute atomic E-state index is 12.2. The maximum atomic E-state index is 12.2. The van der Waals surface area contributed by atoms with Gasteiger partial charge in [0.25, 0.3) is 11.8 Å². The molecule has 0 fully saturated rings. The van der Waals surface area contributed by atoms with Gasteiger partial charge in [0.15, 0.2) is 6.61 Å². The summed E-state index contributed by atoms with van der Waals surface area (Å²) in [6.07, 6.45) is 0. The van der Waals surface area contributed by atoms with Gasteiger partial charge in [-0.15, -0.1) is 0 Å². The highest BCUT2D eigenvalue weighted by Crippen LogP contribution is 2.17. The molecule has 0 aliphatic rings. The average molecular weight is 340 g/mol. The first-order valence-electron chi connectivity index (χ1n) is 8.26. The first-order chi connectivity index (χ1) is 11.9. The summed E-state index contributed by atoms with van der Waals surface area (Å²) in [5.74, 6) is 0.105. The van der Waals surface area contributed by atoms with E-state index in [1.54, 1.807) is 24.3 Å². The standard InChI is InChI=1S/C20H24N2O3/c1-13(2)21-20(24)17-7-5-6-8-18(17)22-19(23)12-25-16-10-9-14(3)15(4)11-16/h5-11,13H,12H2,1-4H3,(H,21,24)(H,22,23). The number of anilines is 1. The minimum Gasteiger partial charge on any atom is -0.484 e. The van der Waals surface area contributed by atoms with E-state index in [4.69, 9.17) is 4.74 Å². The van der Waals surface area contributed by atoms with Crippen molar-refractivity contribution >= 4 is 17.5 Å². The normalized spacial score (nSPS) is 10.4. The van der Waals surface area contributed by atoms with E-state index in [0.717, 1.165) is 5.56 Å². The van der Waals surface area contributed by atoms with Gasteiger partial charge in [0.2, 0.25) is 0 Å².